The summed E-state index contributed by atoms with van der Waals surface area (Å²) in [7, 11) is 1.31. The quantitative estimate of drug-likeness (QED) is 0.0998. The van der Waals surface area contributed by atoms with Crippen molar-refractivity contribution in [2.24, 2.45) is 0 Å². The zero-order valence-electron chi connectivity index (χ0n) is 17.7. The van der Waals surface area contributed by atoms with Gasteiger partial charge in [0.15, 0.2) is 0 Å². The molecule has 0 amide bonds. The molecule has 0 aliphatic heterocycles. The van der Waals surface area contributed by atoms with Gasteiger partial charge in [0.25, 0.3) is 0 Å². The molecule has 154 valence electrons. The Bertz CT molecular complexity index is 367. The van der Waals surface area contributed by atoms with Crippen LogP contribution in [-0.4, -0.2) is 24.2 Å². The van der Waals surface area contributed by atoms with Gasteiger partial charge in [-0.3, -0.25) is 4.79 Å². The third-order valence-electron chi connectivity index (χ3n) is 4.02. The van der Waals surface area contributed by atoms with Crippen molar-refractivity contribution in [3.8, 4) is 0 Å². The van der Waals surface area contributed by atoms with Crippen molar-refractivity contribution in [2.45, 2.75) is 96.8 Å². The fourth-order valence-electron chi connectivity index (χ4n) is 2.43. The van der Waals surface area contributed by atoms with E-state index in [9.17, 15) is 9.59 Å². The zero-order valence-corrected chi connectivity index (χ0v) is 20.7. The summed E-state index contributed by atoms with van der Waals surface area (Å²) in [6, 6.07) is 0. The first-order valence-corrected chi connectivity index (χ1v) is 10.2. The summed E-state index contributed by atoms with van der Waals surface area (Å²) < 4.78 is 4.14. The number of methoxy groups -OCH3 is 1. The van der Waals surface area contributed by atoms with E-state index in [4.69, 9.17) is 5.11 Å². The van der Waals surface area contributed by atoms with Crippen LogP contribution in [0.4, 0.5) is 0 Å². The minimum atomic E-state index is -0.664. The van der Waals surface area contributed by atoms with E-state index in [1.807, 2.05) is 0 Å². The average Bonchev–Trinajstić information content (AvgIpc) is 2.64. The first-order valence-electron chi connectivity index (χ1n) is 10.2. The molecule has 4 nitrogen and oxygen atoms in total. The van der Waals surface area contributed by atoms with Crippen LogP contribution in [0, 0.1) is 0 Å². The Morgan fingerprint density at radius 2 is 1.30 bits per heavy atom. The van der Waals surface area contributed by atoms with Crippen LogP contribution in [0.1, 0.15) is 96.8 Å². The molecule has 0 atom stereocenters. The summed E-state index contributed by atoms with van der Waals surface area (Å²) in [5.74, 6) is -1.06. The van der Waals surface area contributed by atoms with E-state index in [0.29, 0.717) is 6.42 Å². The van der Waals surface area contributed by atoms with Gasteiger partial charge in [-0.1, -0.05) is 77.0 Å². The number of aliphatic carboxylic acids is 1. The van der Waals surface area contributed by atoms with Crippen molar-refractivity contribution < 1.29 is 38.9 Å². The van der Waals surface area contributed by atoms with Crippen LogP contribution in [0.25, 0.3) is 0 Å². The molecule has 0 radical (unpaired) electrons. The van der Waals surface area contributed by atoms with E-state index in [-0.39, 0.29) is 19.5 Å². The fraction of sp³-hybridized carbons (Fsp3) is 0.727. The summed E-state index contributed by atoms with van der Waals surface area (Å²) >= 11 is 0. The number of carboxylic acid groups (broad SMARTS) is 1. The summed E-state index contributed by atoms with van der Waals surface area (Å²) in [5.41, 5.74) is 0. The van der Waals surface area contributed by atoms with Crippen molar-refractivity contribution in [1.29, 1.82) is 0 Å². The zero-order chi connectivity index (χ0) is 19.9. The van der Waals surface area contributed by atoms with Gasteiger partial charge in [0.1, 0.15) is 0 Å². The number of unbranched alkanes of at least 4 members (excludes halogenated alkanes) is 11. The Hall–Kier alpha value is -0.957. The second-order valence-corrected chi connectivity index (χ2v) is 6.46. The maximum atomic E-state index is 10.3. The molecule has 0 rings (SSSR count). The van der Waals surface area contributed by atoms with E-state index in [0.717, 1.165) is 18.9 Å². The molecule has 27 heavy (non-hydrogen) atoms. The number of carbonyl (C=O) groups is 2. The summed E-state index contributed by atoms with van der Waals surface area (Å²) in [5, 5.41) is 8.51. The standard InChI is InChI=1S/C18H34O2.C4H6O2.Zn/c1-2-3-4-5-6-7-8-9-10-11-12-13-14-15-16-17-18(19)20;1-3-4(5)6-2;/h9-10H,2-8,11-17H2,1H3,(H,19,20);3H,1H2,2H3;/b10-9-;;. The third kappa shape index (κ3) is 33.1. The van der Waals surface area contributed by atoms with Gasteiger partial charge in [-0.25, -0.2) is 4.79 Å². The molecule has 0 aliphatic rings. The van der Waals surface area contributed by atoms with Crippen LogP contribution < -0.4 is 0 Å². The molecular formula is C22H40O4Zn. The van der Waals surface area contributed by atoms with Gasteiger partial charge in [-0.2, -0.15) is 0 Å². The number of esters is 1. The molecular weight excluding hydrogens is 394 g/mol. The largest absolute Gasteiger partial charge is 0.481 e. The third-order valence-corrected chi connectivity index (χ3v) is 4.02. The van der Waals surface area contributed by atoms with Crippen molar-refractivity contribution in [1.82, 2.24) is 0 Å². The van der Waals surface area contributed by atoms with Crippen LogP contribution in [0.5, 0.6) is 0 Å². The topological polar surface area (TPSA) is 63.6 Å². The van der Waals surface area contributed by atoms with E-state index >= 15 is 0 Å². The molecule has 1 N–H and O–H groups in total. The van der Waals surface area contributed by atoms with Crippen LogP contribution in [0.3, 0.4) is 0 Å². The minimum absolute atomic E-state index is 0. The van der Waals surface area contributed by atoms with Crippen LogP contribution >= 0.6 is 0 Å². The Balaban J connectivity index is -0.000000709. The van der Waals surface area contributed by atoms with Gasteiger partial charge in [-0.15, -0.1) is 0 Å². The molecule has 0 spiro atoms. The molecule has 5 heteroatoms. The van der Waals surface area contributed by atoms with Gasteiger partial charge in [0, 0.05) is 32.0 Å². The van der Waals surface area contributed by atoms with Gasteiger partial charge >= 0.3 is 11.9 Å². The normalized spacial score (nSPS) is 9.85. The number of ether oxygens (including phenoxy) is 1. The van der Waals surface area contributed by atoms with Gasteiger partial charge < -0.3 is 9.84 Å². The van der Waals surface area contributed by atoms with Crippen molar-refractivity contribution >= 4 is 11.9 Å². The Morgan fingerprint density at radius 1 is 0.852 bits per heavy atom. The number of carboxylic acids is 1. The SMILES string of the molecule is C=CC(=O)OC.CCCCCCCC/C=C\CCCCCCCC(=O)O.[Zn]. The number of rotatable bonds is 16. The van der Waals surface area contributed by atoms with E-state index in [1.165, 1.54) is 77.7 Å². The molecule has 0 aromatic heterocycles. The smallest absolute Gasteiger partial charge is 0.329 e. The monoisotopic (exact) mass is 432 g/mol. The average molecular weight is 434 g/mol. The van der Waals surface area contributed by atoms with Crippen molar-refractivity contribution in [3.63, 3.8) is 0 Å². The number of carbonyl (C=O) groups excluding carboxylic acids is 1. The number of hydrogen-bond donors (Lipinski definition) is 1. The van der Waals surface area contributed by atoms with Gasteiger partial charge in [0.05, 0.1) is 7.11 Å². The second kappa shape index (κ2) is 27.3. The van der Waals surface area contributed by atoms with Crippen molar-refractivity contribution in [2.75, 3.05) is 7.11 Å². The first-order chi connectivity index (χ1) is 12.6. The van der Waals surface area contributed by atoms with Gasteiger partial charge in [-0.05, 0) is 32.1 Å². The van der Waals surface area contributed by atoms with Crippen LogP contribution in [-0.2, 0) is 33.8 Å². The van der Waals surface area contributed by atoms with Crippen LogP contribution in [0.15, 0.2) is 24.8 Å². The summed E-state index contributed by atoms with van der Waals surface area (Å²) in [4.78, 5) is 20.2. The Labute approximate surface area is 179 Å². The molecule has 0 aromatic carbocycles. The van der Waals surface area contributed by atoms with Crippen molar-refractivity contribution in [3.05, 3.63) is 24.8 Å². The molecule has 0 saturated heterocycles. The molecule has 0 saturated carbocycles. The van der Waals surface area contributed by atoms with E-state index < -0.39 is 11.9 Å². The van der Waals surface area contributed by atoms with E-state index in [1.54, 1.807) is 0 Å². The van der Waals surface area contributed by atoms with E-state index in [2.05, 4.69) is 30.4 Å². The predicted octanol–water partition coefficient (Wildman–Crippen LogP) is 6.45. The van der Waals surface area contributed by atoms with Gasteiger partial charge in [0.2, 0.25) is 0 Å². The maximum Gasteiger partial charge on any atom is 0.329 e. The molecule has 0 fully saturated rings. The maximum absolute atomic E-state index is 10.3. The minimum Gasteiger partial charge on any atom is -0.481 e. The summed E-state index contributed by atoms with van der Waals surface area (Å²) in [6.07, 6.45) is 22.4. The second-order valence-electron chi connectivity index (χ2n) is 6.46. The first kappa shape index (κ1) is 30.8. The molecule has 0 aliphatic carbocycles. The Kier molecular flexibility index (Phi) is 31.1. The molecule has 0 aromatic rings. The number of allylic oxidation sites excluding steroid dienone is 2. The molecule has 0 unspecified atom stereocenters. The fourth-order valence-corrected chi connectivity index (χ4v) is 2.43. The number of hydrogen-bond acceptors (Lipinski definition) is 3. The molecule has 0 heterocycles. The molecule has 0 bridgehead atoms. The predicted molar refractivity (Wildman–Crippen MR) is 109 cm³/mol. The van der Waals surface area contributed by atoms with Crippen LogP contribution in [0.2, 0.25) is 0 Å². The Morgan fingerprint density at radius 3 is 1.67 bits per heavy atom. The summed E-state index contributed by atoms with van der Waals surface area (Å²) in [6.45, 7) is 5.42.